The minimum Gasteiger partial charge on any atom is -0.453 e. The van der Waals surface area contributed by atoms with Gasteiger partial charge in [0.05, 0.1) is 35.3 Å². The van der Waals surface area contributed by atoms with Crippen molar-refractivity contribution in [2.24, 2.45) is 17.3 Å². The van der Waals surface area contributed by atoms with Crippen molar-refractivity contribution < 1.29 is 41.8 Å². The summed E-state index contributed by atoms with van der Waals surface area (Å²) in [5.74, 6) is -0.818. The Kier molecular flexibility index (Phi) is 12.8. The summed E-state index contributed by atoms with van der Waals surface area (Å²) < 4.78 is 50.2. The topological polar surface area (TPSA) is 180 Å². The number of rotatable bonds is 14. The Morgan fingerprint density at radius 2 is 1.72 bits per heavy atom. The third-order valence-electron chi connectivity index (χ3n) is 10.4. The lowest BCUT2D eigenvalue weighted by Crippen LogP contribution is -2.51. The van der Waals surface area contributed by atoms with Crippen LogP contribution in [0.3, 0.4) is 0 Å². The van der Waals surface area contributed by atoms with Crippen molar-refractivity contribution in [3.63, 3.8) is 0 Å². The van der Waals surface area contributed by atoms with Crippen LogP contribution in [0.5, 0.6) is 5.75 Å². The number of aromatic amines is 1. The number of alkyl carbamates (subject to hydrolysis) is 1. The first kappa shape index (κ1) is 43.5. The van der Waals surface area contributed by atoms with Crippen LogP contribution < -0.4 is 26.0 Å². The van der Waals surface area contributed by atoms with E-state index < -0.39 is 36.2 Å². The highest BCUT2D eigenvalue weighted by Crippen LogP contribution is 2.51. The van der Waals surface area contributed by atoms with Gasteiger partial charge in [-0.2, -0.15) is 0 Å². The van der Waals surface area contributed by atoms with Crippen LogP contribution in [0.2, 0.25) is 5.02 Å². The van der Waals surface area contributed by atoms with Gasteiger partial charge in [-0.15, -0.1) is 13.2 Å². The molecule has 4 amide bonds. The van der Waals surface area contributed by atoms with Gasteiger partial charge >= 0.3 is 12.5 Å². The summed E-state index contributed by atoms with van der Waals surface area (Å²) >= 11 is 6.54. The molecule has 0 unspecified atom stereocenters. The van der Waals surface area contributed by atoms with Crippen LogP contribution in [0.1, 0.15) is 63.3 Å². The first-order valence-electron chi connectivity index (χ1n) is 19.2. The van der Waals surface area contributed by atoms with E-state index in [-0.39, 0.29) is 50.9 Å². The summed E-state index contributed by atoms with van der Waals surface area (Å²) in [6.07, 6.45) is -0.121. The van der Waals surface area contributed by atoms with Gasteiger partial charge in [0.25, 0.3) is 5.91 Å². The summed E-state index contributed by atoms with van der Waals surface area (Å²) in [4.78, 5) is 64.6. The highest BCUT2D eigenvalue weighted by atomic mass is 35.5. The molecule has 0 radical (unpaired) electrons. The van der Waals surface area contributed by atoms with Crippen molar-refractivity contribution in [1.82, 2.24) is 30.5 Å². The zero-order valence-electron chi connectivity index (χ0n) is 33.8. The predicted octanol–water partition coefficient (Wildman–Crippen LogP) is 7.73. The van der Waals surface area contributed by atoms with Crippen LogP contribution in [0.15, 0.2) is 72.6 Å². The number of aromatic nitrogens is 3. The number of nitrogens with zero attached hydrogens (tertiary/aromatic N) is 3. The lowest BCUT2D eigenvalue weighted by atomic mass is 10.0. The van der Waals surface area contributed by atoms with Gasteiger partial charge in [-0.25, -0.2) is 14.8 Å². The Morgan fingerprint density at radius 3 is 2.33 bits per heavy atom. The van der Waals surface area contributed by atoms with Crippen LogP contribution in [-0.2, 0) is 14.3 Å². The summed E-state index contributed by atoms with van der Waals surface area (Å²) in [5, 5.41) is 11.1. The number of amides is 4. The van der Waals surface area contributed by atoms with Crippen LogP contribution in [0.4, 0.5) is 29.5 Å². The number of benzene rings is 2. The van der Waals surface area contributed by atoms with Gasteiger partial charge in [0, 0.05) is 43.4 Å². The maximum atomic E-state index is 13.7. The number of alkyl halides is 3. The van der Waals surface area contributed by atoms with Crippen LogP contribution in [0.25, 0.3) is 22.4 Å². The Bertz CT molecular complexity index is 2280. The Morgan fingerprint density at radius 1 is 1.02 bits per heavy atom. The van der Waals surface area contributed by atoms with Crippen LogP contribution in [-0.4, -0.2) is 82.8 Å². The number of anilines is 2. The molecular formula is C42H46ClF3N8O6. The number of hydrogen-bond donors (Lipinski definition) is 5. The van der Waals surface area contributed by atoms with Gasteiger partial charge in [-0.05, 0) is 54.0 Å². The smallest absolute Gasteiger partial charge is 0.453 e. The molecule has 60 heavy (non-hydrogen) atoms. The van der Waals surface area contributed by atoms with E-state index in [0.29, 0.717) is 48.1 Å². The minimum absolute atomic E-state index is 0.0149. The standard InChI is InChI=1S/C42H46ClF3N8O6/c1-22(2)35(53-40(58)59-6)39(57)54-21-23(3)15-32(54)36-50-20-31(51-36)25-9-7-24(8-10-25)27-16-29(43)30(17-33(27)60-42(44,45)46)52-37(55)26-11-12-34(49-19-26)47-13-14-48-38(56)28-18-41(28,4)5/h7-12,15-17,19-20,22,28,32,35H,13-14,18,21H2,1-6H3,(H,47,49)(H,48,56)(H,50,51)(H,52,55)(H,53,58)/t28-,32+,35+/m1/s1. The molecule has 5 N–H and O–H groups in total. The number of imidazole rings is 1. The largest absolute Gasteiger partial charge is 0.573 e. The molecule has 2 aromatic carbocycles. The van der Waals surface area contributed by atoms with Crippen molar-refractivity contribution in [2.75, 3.05) is 37.4 Å². The molecule has 2 aromatic heterocycles. The summed E-state index contributed by atoms with van der Waals surface area (Å²) in [6, 6.07) is 10.5. The minimum atomic E-state index is -5.06. The second kappa shape index (κ2) is 17.6. The van der Waals surface area contributed by atoms with E-state index in [4.69, 9.17) is 16.3 Å². The number of halogens is 4. The molecular weight excluding hydrogens is 805 g/mol. The molecule has 1 aliphatic heterocycles. The average molecular weight is 851 g/mol. The number of ether oxygens (including phenoxy) is 2. The van der Waals surface area contributed by atoms with E-state index in [0.717, 1.165) is 18.1 Å². The molecule has 0 spiro atoms. The van der Waals surface area contributed by atoms with Crippen LogP contribution in [0, 0.1) is 17.3 Å². The van der Waals surface area contributed by atoms with Gasteiger partial charge in [-0.3, -0.25) is 14.4 Å². The lowest BCUT2D eigenvalue weighted by Gasteiger charge is -2.30. The fourth-order valence-electron chi connectivity index (χ4n) is 6.89. The molecule has 6 rings (SSSR count). The van der Waals surface area contributed by atoms with E-state index in [1.807, 2.05) is 40.7 Å². The van der Waals surface area contributed by atoms with Gasteiger partial charge in [0.15, 0.2) is 0 Å². The van der Waals surface area contributed by atoms with E-state index in [9.17, 15) is 32.3 Å². The maximum absolute atomic E-state index is 13.7. The number of hydrogen-bond acceptors (Lipinski definition) is 9. The molecule has 14 nitrogen and oxygen atoms in total. The molecule has 1 saturated carbocycles. The number of pyridine rings is 1. The summed E-state index contributed by atoms with van der Waals surface area (Å²) in [7, 11) is 1.23. The van der Waals surface area contributed by atoms with E-state index >= 15 is 0 Å². The number of carbonyl (C=O) groups is 4. The molecule has 3 heterocycles. The Balaban J connectivity index is 1.13. The third kappa shape index (κ3) is 10.4. The van der Waals surface area contributed by atoms with E-state index in [2.05, 4.69) is 41.0 Å². The van der Waals surface area contributed by atoms with Crippen molar-refractivity contribution >= 4 is 46.9 Å². The fourth-order valence-corrected chi connectivity index (χ4v) is 7.10. The van der Waals surface area contributed by atoms with Crippen molar-refractivity contribution in [3.05, 3.63) is 89.0 Å². The summed E-state index contributed by atoms with van der Waals surface area (Å²) in [5.41, 5.74) is 2.55. The second-order valence-electron chi connectivity index (χ2n) is 15.8. The number of nitrogens with one attached hydrogen (secondary N) is 5. The van der Waals surface area contributed by atoms with E-state index in [1.54, 1.807) is 41.4 Å². The van der Waals surface area contributed by atoms with Gasteiger partial charge in [0.1, 0.15) is 29.5 Å². The average Bonchev–Trinajstić information content (AvgIpc) is 3.48. The van der Waals surface area contributed by atoms with Gasteiger partial charge in [0.2, 0.25) is 11.8 Å². The maximum Gasteiger partial charge on any atom is 0.573 e. The Hall–Kier alpha value is -6.10. The Labute approximate surface area is 349 Å². The number of H-pyrrole nitrogens is 1. The molecule has 2 aliphatic rings. The molecule has 18 heteroatoms. The highest BCUT2D eigenvalue weighted by molar-refractivity contribution is 6.34. The zero-order valence-corrected chi connectivity index (χ0v) is 34.5. The van der Waals surface area contributed by atoms with Crippen molar-refractivity contribution in [1.29, 1.82) is 0 Å². The molecule has 3 atom stereocenters. The number of methoxy groups -OCH3 is 1. The molecule has 4 aromatic rings. The normalized spacial score (nSPS) is 17.4. The molecule has 1 aliphatic carbocycles. The first-order chi connectivity index (χ1) is 28.3. The quantitative estimate of drug-likeness (QED) is 0.0627. The predicted molar refractivity (Wildman–Crippen MR) is 219 cm³/mol. The van der Waals surface area contributed by atoms with Gasteiger partial charge in [-0.1, -0.05) is 75.2 Å². The number of carbonyl (C=O) groups excluding carboxylic acids is 4. The first-order valence-corrected chi connectivity index (χ1v) is 19.6. The highest BCUT2D eigenvalue weighted by Gasteiger charge is 2.50. The molecule has 318 valence electrons. The van der Waals surface area contributed by atoms with E-state index in [1.165, 1.54) is 25.4 Å². The molecule has 1 fully saturated rings. The second-order valence-corrected chi connectivity index (χ2v) is 16.2. The van der Waals surface area contributed by atoms with Crippen LogP contribution >= 0.6 is 11.6 Å². The lowest BCUT2D eigenvalue weighted by molar-refractivity contribution is -0.274. The third-order valence-corrected chi connectivity index (χ3v) is 10.7. The summed E-state index contributed by atoms with van der Waals surface area (Å²) in [6.45, 7) is 10.8. The molecule has 0 saturated heterocycles. The monoisotopic (exact) mass is 850 g/mol. The fraction of sp³-hybridized carbons (Fsp3) is 0.381. The zero-order chi connectivity index (χ0) is 43.5. The van der Waals surface area contributed by atoms with Gasteiger partial charge < -0.3 is 40.6 Å². The van der Waals surface area contributed by atoms with Crippen molar-refractivity contribution in [2.45, 2.75) is 59.5 Å². The molecule has 0 bridgehead atoms. The SMILES string of the molecule is COC(=O)N[C@H](C(=O)N1CC(C)=C[C@H]1c1ncc(-c2ccc(-c3cc(Cl)c(NC(=O)c4ccc(NCCNC(=O)[C@H]5CC5(C)C)nc4)cc3OC(F)(F)F)cc2)[nH]1)C(C)C. The van der Waals surface area contributed by atoms with Crippen molar-refractivity contribution in [3.8, 4) is 28.1 Å².